The number of benzene rings is 1. The van der Waals surface area contributed by atoms with Crippen LogP contribution in [-0.2, 0) is 6.42 Å². The first-order valence-corrected chi connectivity index (χ1v) is 4.34. The minimum Gasteiger partial charge on any atom is -0.265 e. The van der Waals surface area contributed by atoms with Crippen LogP contribution in [0.15, 0.2) is 18.2 Å². The minimum absolute atomic E-state index is 0.0253. The van der Waals surface area contributed by atoms with Gasteiger partial charge in [-0.2, -0.15) is 0 Å². The molecule has 0 radical (unpaired) electrons. The summed E-state index contributed by atoms with van der Waals surface area (Å²) in [6.45, 7) is 1.88. The van der Waals surface area contributed by atoms with Crippen molar-refractivity contribution < 1.29 is 4.92 Å². The molecule has 0 amide bonds. The molecular formula is C9H10ClNO2. The fourth-order valence-corrected chi connectivity index (χ4v) is 1.38. The second-order valence-electron chi connectivity index (χ2n) is 2.88. The van der Waals surface area contributed by atoms with E-state index in [1.165, 1.54) is 0 Å². The van der Waals surface area contributed by atoms with Crippen LogP contribution in [0, 0.1) is 17.0 Å². The third-order valence-electron chi connectivity index (χ3n) is 1.87. The second-order valence-corrected chi connectivity index (χ2v) is 3.31. The molecule has 0 aliphatic heterocycles. The molecule has 0 bridgehead atoms. The molecule has 0 N–H and O–H groups in total. The zero-order valence-electron chi connectivity index (χ0n) is 7.29. The Bertz CT molecular complexity index is 325. The summed E-state index contributed by atoms with van der Waals surface area (Å²) in [4.78, 5) is 9.82. The van der Waals surface area contributed by atoms with Gasteiger partial charge in [0.2, 0.25) is 6.54 Å². The number of nitro groups is 1. The Balaban J connectivity index is 2.72. The summed E-state index contributed by atoms with van der Waals surface area (Å²) in [5, 5.41) is 10.8. The molecule has 13 heavy (non-hydrogen) atoms. The van der Waals surface area contributed by atoms with Crippen LogP contribution in [0.3, 0.4) is 0 Å². The zero-order chi connectivity index (χ0) is 9.84. The summed E-state index contributed by atoms with van der Waals surface area (Å²) >= 11 is 5.75. The van der Waals surface area contributed by atoms with Crippen molar-refractivity contribution in [2.45, 2.75) is 13.3 Å². The molecule has 1 aromatic carbocycles. The Morgan fingerprint density at radius 3 is 2.77 bits per heavy atom. The van der Waals surface area contributed by atoms with E-state index in [1.54, 1.807) is 6.07 Å². The fraction of sp³-hybridized carbons (Fsp3) is 0.333. The fourth-order valence-electron chi connectivity index (χ4n) is 1.15. The van der Waals surface area contributed by atoms with Gasteiger partial charge in [0, 0.05) is 16.4 Å². The van der Waals surface area contributed by atoms with E-state index in [-0.39, 0.29) is 11.5 Å². The van der Waals surface area contributed by atoms with Gasteiger partial charge in [-0.15, -0.1) is 0 Å². The quantitative estimate of drug-likeness (QED) is 0.555. The van der Waals surface area contributed by atoms with Crippen molar-refractivity contribution in [3.8, 4) is 0 Å². The van der Waals surface area contributed by atoms with Gasteiger partial charge in [-0.05, 0) is 30.2 Å². The van der Waals surface area contributed by atoms with E-state index < -0.39 is 0 Å². The third-order valence-corrected chi connectivity index (χ3v) is 2.10. The third kappa shape index (κ3) is 3.03. The molecule has 0 unspecified atom stereocenters. The summed E-state index contributed by atoms with van der Waals surface area (Å²) in [6, 6.07) is 5.40. The highest BCUT2D eigenvalue weighted by Crippen LogP contribution is 2.15. The normalized spacial score (nSPS) is 10.0. The molecule has 0 spiro atoms. The van der Waals surface area contributed by atoms with Crippen LogP contribution in [0.4, 0.5) is 0 Å². The first-order valence-electron chi connectivity index (χ1n) is 3.96. The Morgan fingerprint density at radius 2 is 2.23 bits per heavy atom. The summed E-state index contributed by atoms with van der Waals surface area (Å²) in [7, 11) is 0. The van der Waals surface area contributed by atoms with E-state index >= 15 is 0 Å². The van der Waals surface area contributed by atoms with E-state index in [4.69, 9.17) is 11.6 Å². The molecule has 0 atom stereocenters. The van der Waals surface area contributed by atoms with Crippen LogP contribution >= 0.6 is 11.6 Å². The molecule has 0 saturated carbocycles. The molecule has 4 heteroatoms. The monoisotopic (exact) mass is 199 g/mol. The molecule has 1 rings (SSSR count). The van der Waals surface area contributed by atoms with Crippen molar-refractivity contribution in [1.82, 2.24) is 0 Å². The van der Waals surface area contributed by atoms with Crippen LogP contribution in [0.2, 0.25) is 5.02 Å². The standard InChI is InChI=1S/C9H10ClNO2/c1-7-6-9(10)3-2-8(7)4-5-11(12)13/h2-3,6H,4-5H2,1H3. The molecule has 1 aromatic rings. The SMILES string of the molecule is Cc1cc(Cl)ccc1CC[N+](=O)[O-]. The smallest absolute Gasteiger partial charge is 0.207 e. The Morgan fingerprint density at radius 1 is 1.54 bits per heavy atom. The lowest BCUT2D eigenvalue weighted by molar-refractivity contribution is -0.479. The molecular weight excluding hydrogens is 190 g/mol. The molecule has 0 heterocycles. The van der Waals surface area contributed by atoms with Crippen LogP contribution in [0.5, 0.6) is 0 Å². The van der Waals surface area contributed by atoms with Crippen molar-refractivity contribution >= 4 is 11.6 Å². The van der Waals surface area contributed by atoms with Crippen molar-refractivity contribution in [2.75, 3.05) is 6.54 Å². The van der Waals surface area contributed by atoms with Crippen LogP contribution in [0.1, 0.15) is 11.1 Å². The minimum atomic E-state index is -0.311. The molecule has 0 aliphatic carbocycles. The van der Waals surface area contributed by atoms with Gasteiger partial charge < -0.3 is 0 Å². The van der Waals surface area contributed by atoms with Crippen LogP contribution in [0.25, 0.3) is 0 Å². The Hall–Kier alpha value is -1.09. The van der Waals surface area contributed by atoms with Gasteiger partial charge in [-0.3, -0.25) is 10.1 Å². The first kappa shape index (κ1) is 9.99. The van der Waals surface area contributed by atoms with Gasteiger partial charge in [0.15, 0.2) is 0 Å². The van der Waals surface area contributed by atoms with Crippen LogP contribution < -0.4 is 0 Å². The highest BCUT2D eigenvalue weighted by molar-refractivity contribution is 6.30. The highest BCUT2D eigenvalue weighted by Gasteiger charge is 2.03. The zero-order valence-corrected chi connectivity index (χ0v) is 8.04. The number of halogens is 1. The van der Waals surface area contributed by atoms with Crippen molar-refractivity contribution in [1.29, 1.82) is 0 Å². The average Bonchev–Trinajstić information content (AvgIpc) is 2.02. The molecule has 0 aromatic heterocycles. The molecule has 0 saturated heterocycles. The van der Waals surface area contributed by atoms with Crippen LogP contribution in [-0.4, -0.2) is 11.5 Å². The number of hydrogen-bond acceptors (Lipinski definition) is 2. The van der Waals surface area contributed by atoms with E-state index in [0.29, 0.717) is 11.4 Å². The van der Waals surface area contributed by atoms with E-state index in [2.05, 4.69) is 0 Å². The number of aryl methyl sites for hydroxylation is 1. The van der Waals surface area contributed by atoms with Gasteiger partial charge in [0.05, 0.1) is 0 Å². The van der Waals surface area contributed by atoms with E-state index in [9.17, 15) is 10.1 Å². The summed E-state index contributed by atoms with van der Waals surface area (Å²) in [6.07, 6.45) is 0.468. The molecule has 0 aliphatic rings. The summed E-state index contributed by atoms with van der Waals surface area (Å²) in [5.41, 5.74) is 2.00. The maximum absolute atomic E-state index is 10.1. The molecule has 0 fully saturated rings. The predicted octanol–water partition coefficient (Wildman–Crippen LogP) is 2.47. The maximum atomic E-state index is 10.1. The lowest BCUT2D eigenvalue weighted by Gasteiger charge is -2.02. The molecule has 3 nitrogen and oxygen atoms in total. The lowest BCUT2D eigenvalue weighted by atomic mass is 10.1. The van der Waals surface area contributed by atoms with Gasteiger partial charge in [0.25, 0.3) is 0 Å². The Labute approximate surface area is 81.5 Å². The van der Waals surface area contributed by atoms with E-state index in [1.807, 2.05) is 19.1 Å². The van der Waals surface area contributed by atoms with Gasteiger partial charge in [-0.1, -0.05) is 17.7 Å². The number of nitrogens with zero attached hydrogens (tertiary/aromatic N) is 1. The van der Waals surface area contributed by atoms with E-state index in [0.717, 1.165) is 11.1 Å². The summed E-state index contributed by atoms with van der Waals surface area (Å²) in [5.74, 6) is 0. The summed E-state index contributed by atoms with van der Waals surface area (Å²) < 4.78 is 0. The van der Waals surface area contributed by atoms with Gasteiger partial charge >= 0.3 is 0 Å². The first-order chi connectivity index (χ1) is 6.09. The largest absolute Gasteiger partial charge is 0.265 e. The second kappa shape index (κ2) is 4.23. The van der Waals surface area contributed by atoms with Gasteiger partial charge in [-0.25, -0.2) is 0 Å². The maximum Gasteiger partial charge on any atom is 0.207 e. The molecule has 70 valence electrons. The van der Waals surface area contributed by atoms with Crippen molar-refractivity contribution in [3.63, 3.8) is 0 Å². The number of rotatable bonds is 3. The topological polar surface area (TPSA) is 43.1 Å². The predicted molar refractivity (Wildman–Crippen MR) is 51.8 cm³/mol. The van der Waals surface area contributed by atoms with Crippen molar-refractivity contribution in [3.05, 3.63) is 44.5 Å². The van der Waals surface area contributed by atoms with Crippen molar-refractivity contribution in [2.24, 2.45) is 0 Å². The lowest BCUT2D eigenvalue weighted by Crippen LogP contribution is -2.04. The Kier molecular flexibility index (Phi) is 3.25. The average molecular weight is 200 g/mol. The highest BCUT2D eigenvalue weighted by atomic mass is 35.5. The number of hydrogen-bond donors (Lipinski definition) is 0. The van der Waals surface area contributed by atoms with Gasteiger partial charge in [0.1, 0.15) is 0 Å².